The van der Waals surface area contributed by atoms with Gasteiger partial charge in [0.2, 0.25) is 0 Å². The van der Waals surface area contributed by atoms with Crippen molar-refractivity contribution in [1.82, 2.24) is 20.4 Å². The number of rotatable bonds is 4. The van der Waals surface area contributed by atoms with Crippen LogP contribution in [0.4, 0.5) is 4.39 Å². The largest absolute Gasteiger partial charge is 0.496 e. The van der Waals surface area contributed by atoms with Gasteiger partial charge >= 0.3 is 0 Å². The lowest BCUT2D eigenvalue weighted by Crippen LogP contribution is -2.62. The molecule has 168 valence electrons. The van der Waals surface area contributed by atoms with E-state index < -0.39 is 5.82 Å². The number of nitrogens with one attached hydrogen (secondary N) is 4. The third kappa shape index (κ3) is 5.27. The summed E-state index contributed by atoms with van der Waals surface area (Å²) in [5.74, 6) is -0.305. The highest BCUT2D eigenvalue weighted by Gasteiger charge is 2.40. The first kappa shape index (κ1) is 23.3. The SMILES string of the molecule is COc1cc(-c2cn[nH]c2)cc(F)c1C(=N)SC(=N)N(C)C1CC(C)(C)NC(C)(C)C1. The number of benzene rings is 1. The summed E-state index contributed by atoms with van der Waals surface area (Å²) in [7, 11) is 3.33. The molecule has 0 saturated carbocycles. The lowest BCUT2D eigenvalue weighted by atomic mass is 9.79. The van der Waals surface area contributed by atoms with Gasteiger partial charge in [-0.3, -0.25) is 15.9 Å². The molecule has 7 nitrogen and oxygen atoms in total. The van der Waals surface area contributed by atoms with Gasteiger partial charge in [0.1, 0.15) is 16.6 Å². The van der Waals surface area contributed by atoms with Crippen molar-refractivity contribution in [1.29, 1.82) is 10.8 Å². The van der Waals surface area contributed by atoms with Gasteiger partial charge in [-0.25, -0.2) is 4.39 Å². The Labute approximate surface area is 187 Å². The number of aromatic nitrogens is 2. The van der Waals surface area contributed by atoms with Gasteiger partial charge in [-0.1, -0.05) is 0 Å². The fraction of sp³-hybridized carbons (Fsp3) is 0.500. The second-order valence-corrected chi connectivity index (χ2v) is 10.3. The Balaban J connectivity index is 1.78. The van der Waals surface area contributed by atoms with Gasteiger partial charge in [0.25, 0.3) is 0 Å². The van der Waals surface area contributed by atoms with E-state index in [1.165, 1.54) is 13.2 Å². The van der Waals surface area contributed by atoms with Crippen molar-refractivity contribution in [3.63, 3.8) is 0 Å². The zero-order valence-corrected chi connectivity index (χ0v) is 19.7. The summed E-state index contributed by atoms with van der Waals surface area (Å²) >= 11 is 0.935. The molecule has 0 bridgehead atoms. The molecule has 1 aromatic carbocycles. The maximum Gasteiger partial charge on any atom is 0.162 e. The molecule has 31 heavy (non-hydrogen) atoms. The fourth-order valence-electron chi connectivity index (χ4n) is 4.47. The normalized spacial score (nSPS) is 17.9. The molecule has 1 aliphatic heterocycles. The van der Waals surface area contributed by atoms with Gasteiger partial charge in [-0.15, -0.1) is 0 Å². The quantitative estimate of drug-likeness (QED) is 0.410. The number of amidine groups is 1. The van der Waals surface area contributed by atoms with E-state index in [4.69, 9.17) is 15.6 Å². The topological polar surface area (TPSA) is 101 Å². The molecule has 9 heteroatoms. The van der Waals surface area contributed by atoms with Gasteiger partial charge < -0.3 is 15.0 Å². The molecular formula is C22H31FN6OS. The Kier molecular flexibility index (Phi) is 6.48. The number of hydrogen-bond donors (Lipinski definition) is 4. The Morgan fingerprint density at radius 2 is 1.84 bits per heavy atom. The smallest absolute Gasteiger partial charge is 0.162 e. The summed E-state index contributed by atoms with van der Waals surface area (Å²) in [6.07, 6.45) is 5.02. The summed E-state index contributed by atoms with van der Waals surface area (Å²) < 4.78 is 20.4. The van der Waals surface area contributed by atoms with Crippen LogP contribution < -0.4 is 10.1 Å². The molecule has 1 aliphatic rings. The van der Waals surface area contributed by atoms with Gasteiger partial charge in [0, 0.05) is 35.9 Å². The van der Waals surface area contributed by atoms with E-state index in [1.54, 1.807) is 18.5 Å². The third-order valence-electron chi connectivity index (χ3n) is 5.57. The minimum absolute atomic E-state index is 0.0580. The monoisotopic (exact) mass is 446 g/mol. The van der Waals surface area contributed by atoms with Gasteiger partial charge in [0.05, 0.1) is 18.9 Å². The molecule has 0 amide bonds. The van der Waals surface area contributed by atoms with Gasteiger partial charge in [-0.05, 0) is 70.0 Å². The number of halogens is 1. The van der Waals surface area contributed by atoms with Crippen LogP contribution in [0, 0.1) is 16.6 Å². The lowest BCUT2D eigenvalue weighted by Gasteiger charge is -2.49. The van der Waals surface area contributed by atoms with Crippen molar-refractivity contribution in [3.8, 4) is 16.9 Å². The molecule has 1 aromatic heterocycles. The average molecular weight is 447 g/mol. The summed E-state index contributed by atoms with van der Waals surface area (Å²) in [6.45, 7) is 8.65. The highest BCUT2D eigenvalue weighted by Crippen LogP contribution is 2.35. The summed E-state index contributed by atoms with van der Waals surface area (Å²) in [5.41, 5.74) is 1.28. The highest BCUT2D eigenvalue weighted by atomic mass is 32.2. The first-order chi connectivity index (χ1) is 14.4. The Bertz CT molecular complexity index is 957. The molecule has 0 radical (unpaired) electrons. The average Bonchev–Trinajstić information content (AvgIpc) is 3.18. The predicted octanol–water partition coefficient (Wildman–Crippen LogP) is 4.46. The molecule has 3 rings (SSSR count). The maximum absolute atomic E-state index is 15.0. The maximum atomic E-state index is 15.0. The highest BCUT2D eigenvalue weighted by molar-refractivity contribution is 8.26. The van der Waals surface area contributed by atoms with Crippen LogP contribution in [0.25, 0.3) is 11.1 Å². The van der Waals surface area contributed by atoms with Crippen molar-refractivity contribution in [3.05, 3.63) is 35.9 Å². The van der Waals surface area contributed by atoms with Crippen molar-refractivity contribution >= 4 is 22.0 Å². The molecule has 4 N–H and O–H groups in total. The first-order valence-corrected chi connectivity index (χ1v) is 11.0. The van der Waals surface area contributed by atoms with Crippen LogP contribution in [-0.4, -0.2) is 56.6 Å². The van der Waals surface area contributed by atoms with Crippen LogP contribution in [0.2, 0.25) is 0 Å². The van der Waals surface area contributed by atoms with Gasteiger partial charge in [-0.2, -0.15) is 5.10 Å². The number of piperidine rings is 1. The molecule has 2 aromatic rings. The molecule has 0 atom stereocenters. The summed E-state index contributed by atoms with van der Waals surface area (Å²) in [6, 6.07) is 3.20. The minimum Gasteiger partial charge on any atom is -0.496 e. The third-order valence-corrected chi connectivity index (χ3v) is 6.46. The van der Waals surface area contributed by atoms with Crippen LogP contribution >= 0.6 is 11.8 Å². The van der Waals surface area contributed by atoms with Crippen LogP contribution in [0.5, 0.6) is 5.75 Å². The van der Waals surface area contributed by atoms with Crippen LogP contribution in [0.3, 0.4) is 0 Å². The predicted molar refractivity (Wildman–Crippen MR) is 125 cm³/mol. The van der Waals surface area contributed by atoms with Crippen molar-refractivity contribution in [2.75, 3.05) is 14.2 Å². The second-order valence-electron chi connectivity index (χ2n) is 9.32. The Hall–Kier alpha value is -2.39. The number of methoxy groups -OCH3 is 1. The molecule has 0 unspecified atom stereocenters. The van der Waals surface area contributed by atoms with Gasteiger partial charge in [0.15, 0.2) is 5.17 Å². The molecule has 1 fully saturated rings. The van der Waals surface area contributed by atoms with Crippen molar-refractivity contribution in [2.24, 2.45) is 0 Å². The van der Waals surface area contributed by atoms with E-state index in [2.05, 4.69) is 43.2 Å². The second kappa shape index (κ2) is 8.63. The number of thioether (sulfide) groups is 1. The first-order valence-electron chi connectivity index (χ1n) is 10.2. The molecular weight excluding hydrogens is 415 g/mol. The zero-order valence-electron chi connectivity index (χ0n) is 18.9. The van der Waals surface area contributed by atoms with E-state index in [9.17, 15) is 4.39 Å². The Morgan fingerprint density at radius 3 is 2.39 bits per heavy atom. The molecule has 2 heterocycles. The molecule has 0 spiro atoms. The lowest BCUT2D eigenvalue weighted by molar-refractivity contribution is 0.114. The summed E-state index contributed by atoms with van der Waals surface area (Å²) in [4.78, 5) is 1.90. The van der Waals surface area contributed by atoms with E-state index in [1.807, 2.05) is 11.9 Å². The van der Waals surface area contributed by atoms with E-state index in [0.29, 0.717) is 5.56 Å². The number of ether oxygens (including phenoxy) is 1. The van der Waals surface area contributed by atoms with E-state index in [-0.39, 0.29) is 38.6 Å². The number of hydrogen-bond acceptors (Lipinski definition) is 6. The zero-order chi connectivity index (χ0) is 23.0. The molecule has 1 saturated heterocycles. The van der Waals surface area contributed by atoms with Crippen LogP contribution in [0.1, 0.15) is 46.1 Å². The van der Waals surface area contributed by atoms with Crippen LogP contribution in [-0.2, 0) is 0 Å². The van der Waals surface area contributed by atoms with Crippen molar-refractivity contribution < 1.29 is 9.13 Å². The number of H-pyrrole nitrogens is 1. The number of aromatic amines is 1. The number of nitrogens with zero attached hydrogens (tertiary/aromatic N) is 2. The summed E-state index contributed by atoms with van der Waals surface area (Å²) in [5, 5.41) is 27.5. The fourth-order valence-corrected chi connectivity index (χ4v) is 5.25. The van der Waals surface area contributed by atoms with E-state index in [0.717, 1.165) is 30.2 Å². The molecule has 0 aliphatic carbocycles. The van der Waals surface area contributed by atoms with Crippen LogP contribution in [0.15, 0.2) is 24.5 Å². The Morgan fingerprint density at radius 1 is 1.19 bits per heavy atom. The van der Waals surface area contributed by atoms with E-state index >= 15 is 0 Å². The standard InChI is InChI=1S/C22H31FN6OS/c1-21(2)9-15(10-22(3,4)28-21)29(5)20(25)31-19(24)18-16(23)7-13(8-17(18)30-6)14-11-26-27-12-14/h7-8,11-12,15,24-25,28H,9-10H2,1-6H3,(H,26,27). The minimum atomic E-state index is -0.562. The van der Waals surface area contributed by atoms with Crippen molar-refractivity contribution in [2.45, 2.75) is 57.7 Å².